The fourth-order valence-corrected chi connectivity index (χ4v) is 1.38. The highest BCUT2D eigenvalue weighted by Gasteiger charge is 2.10. The molecule has 0 radical (unpaired) electrons. The fraction of sp³-hybridized carbons (Fsp3) is 0.100. The fourth-order valence-electron chi connectivity index (χ4n) is 1.38. The van der Waals surface area contributed by atoms with Crippen molar-refractivity contribution < 1.29 is 4.79 Å². The number of primary amides is 1. The lowest BCUT2D eigenvalue weighted by molar-refractivity contribution is 0.100. The molecule has 15 heavy (non-hydrogen) atoms. The lowest BCUT2D eigenvalue weighted by Gasteiger charge is -2.06. The van der Waals surface area contributed by atoms with Crippen LogP contribution in [0.5, 0.6) is 0 Å². The lowest BCUT2D eigenvalue weighted by atomic mass is 10.2. The molecule has 0 bridgehead atoms. The van der Waals surface area contributed by atoms with Crippen LogP contribution in [-0.2, 0) is 0 Å². The second kappa shape index (κ2) is 3.53. The van der Waals surface area contributed by atoms with E-state index in [1.54, 1.807) is 25.4 Å². The number of amides is 1. The third-order valence-electron chi connectivity index (χ3n) is 2.09. The number of hydrogen-bond donors (Lipinski definition) is 2. The zero-order valence-electron chi connectivity index (χ0n) is 8.19. The molecule has 0 aliphatic carbocycles. The van der Waals surface area contributed by atoms with Crippen LogP contribution < -0.4 is 11.1 Å². The number of pyridine rings is 2. The van der Waals surface area contributed by atoms with E-state index in [0.29, 0.717) is 17.0 Å². The standard InChI is InChI=1S/C10H10N4O/c1-12-10-7(8(11)15)5-6-3-2-4-13-9(6)14-10/h2-5H,1H3,(H2,11,15)(H,12,13,14). The molecule has 5 nitrogen and oxygen atoms in total. The molecule has 0 atom stereocenters. The third kappa shape index (κ3) is 1.59. The number of anilines is 1. The van der Waals surface area contributed by atoms with E-state index in [-0.39, 0.29) is 0 Å². The predicted octanol–water partition coefficient (Wildman–Crippen LogP) is 0.770. The largest absolute Gasteiger partial charge is 0.372 e. The van der Waals surface area contributed by atoms with E-state index >= 15 is 0 Å². The summed E-state index contributed by atoms with van der Waals surface area (Å²) in [5.74, 6) is -0.0497. The van der Waals surface area contributed by atoms with Gasteiger partial charge in [-0.3, -0.25) is 4.79 Å². The maximum atomic E-state index is 11.1. The first-order chi connectivity index (χ1) is 7.22. The van der Waals surface area contributed by atoms with Gasteiger partial charge in [0.2, 0.25) is 0 Å². The van der Waals surface area contributed by atoms with Crippen molar-refractivity contribution in [2.24, 2.45) is 5.73 Å². The number of nitrogens with two attached hydrogens (primary N) is 1. The Balaban J connectivity index is 2.74. The minimum atomic E-state index is -0.502. The Morgan fingerprint density at radius 2 is 2.33 bits per heavy atom. The zero-order valence-corrected chi connectivity index (χ0v) is 8.19. The van der Waals surface area contributed by atoms with Gasteiger partial charge in [-0.1, -0.05) is 0 Å². The number of fused-ring (bicyclic) bond motifs is 1. The van der Waals surface area contributed by atoms with Crippen LogP contribution in [0.2, 0.25) is 0 Å². The van der Waals surface area contributed by atoms with E-state index < -0.39 is 5.91 Å². The number of nitrogens with one attached hydrogen (secondary N) is 1. The van der Waals surface area contributed by atoms with E-state index in [0.717, 1.165) is 5.39 Å². The second-order valence-corrected chi connectivity index (χ2v) is 3.05. The van der Waals surface area contributed by atoms with E-state index in [1.807, 2.05) is 6.07 Å². The van der Waals surface area contributed by atoms with Crippen molar-refractivity contribution in [2.45, 2.75) is 0 Å². The average molecular weight is 202 g/mol. The van der Waals surface area contributed by atoms with E-state index in [2.05, 4.69) is 15.3 Å². The molecule has 2 heterocycles. The van der Waals surface area contributed by atoms with Crippen molar-refractivity contribution in [3.63, 3.8) is 0 Å². The molecule has 3 N–H and O–H groups in total. The van der Waals surface area contributed by atoms with Gasteiger partial charge < -0.3 is 11.1 Å². The van der Waals surface area contributed by atoms with Crippen LogP contribution in [0.3, 0.4) is 0 Å². The van der Waals surface area contributed by atoms with Gasteiger partial charge >= 0.3 is 0 Å². The molecule has 2 aromatic heterocycles. The molecule has 0 unspecified atom stereocenters. The molecular weight excluding hydrogens is 192 g/mol. The second-order valence-electron chi connectivity index (χ2n) is 3.05. The van der Waals surface area contributed by atoms with Gasteiger partial charge in [-0.05, 0) is 18.2 Å². The summed E-state index contributed by atoms with van der Waals surface area (Å²) in [6, 6.07) is 5.30. The van der Waals surface area contributed by atoms with Crippen LogP contribution >= 0.6 is 0 Å². The van der Waals surface area contributed by atoms with Gasteiger partial charge in [-0.15, -0.1) is 0 Å². The Labute approximate surface area is 86.3 Å². The normalized spacial score (nSPS) is 10.2. The lowest BCUT2D eigenvalue weighted by Crippen LogP contribution is -2.14. The van der Waals surface area contributed by atoms with Crippen LogP contribution in [0.25, 0.3) is 11.0 Å². The van der Waals surface area contributed by atoms with Crippen molar-refractivity contribution >= 4 is 22.8 Å². The zero-order chi connectivity index (χ0) is 10.8. The van der Waals surface area contributed by atoms with Gasteiger partial charge in [0.15, 0.2) is 5.65 Å². The molecule has 0 saturated carbocycles. The van der Waals surface area contributed by atoms with Crippen LogP contribution in [-0.4, -0.2) is 22.9 Å². The molecule has 76 valence electrons. The Morgan fingerprint density at radius 3 is 3.00 bits per heavy atom. The first-order valence-corrected chi connectivity index (χ1v) is 4.45. The monoisotopic (exact) mass is 202 g/mol. The van der Waals surface area contributed by atoms with Crippen LogP contribution in [0.4, 0.5) is 5.82 Å². The molecule has 0 aliphatic rings. The number of carbonyl (C=O) groups is 1. The minimum absolute atomic E-state index is 0.373. The SMILES string of the molecule is CNc1nc2ncccc2cc1C(N)=O. The summed E-state index contributed by atoms with van der Waals surface area (Å²) in [6.45, 7) is 0. The number of rotatable bonds is 2. The summed E-state index contributed by atoms with van der Waals surface area (Å²) in [4.78, 5) is 19.4. The minimum Gasteiger partial charge on any atom is -0.372 e. The molecular formula is C10H10N4O. The first-order valence-electron chi connectivity index (χ1n) is 4.45. The van der Waals surface area contributed by atoms with Crippen molar-refractivity contribution in [2.75, 3.05) is 12.4 Å². The van der Waals surface area contributed by atoms with Crippen molar-refractivity contribution in [3.05, 3.63) is 30.0 Å². The Kier molecular flexibility index (Phi) is 2.21. The topological polar surface area (TPSA) is 80.9 Å². The molecule has 0 aliphatic heterocycles. The summed E-state index contributed by atoms with van der Waals surface area (Å²) in [6.07, 6.45) is 1.65. The van der Waals surface area contributed by atoms with E-state index in [4.69, 9.17) is 5.73 Å². The Morgan fingerprint density at radius 1 is 1.53 bits per heavy atom. The van der Waals surface area contributed by atoms with Crippen molar-refractivity contribution in [1.82, 2.24) is 9.97 Å². The molecule has 5 heteroatoms. The van der Waals surface area contributed by atoms with E-state index in [1.165, 1.54) is 0 Å². The average Bonchev–Trinajstić information content (AvgIpc) is 2.27. The quantitative estimate of drug-likeness (QED) is 0.753. The summed E-state index contributed by atoms with van der Waals surface area (Å²) < 4.78 is 0. The van der Waals surface area contributed by atoms with Gasteiger partial charge in [0.25, 0.3) is 5.91 Å². The molecule has 2 rings (SSSR count). The summed E-state index contributed by atoms with van der Waals surface area (Å²) in [5, 5.41) is 3.61. The van der Waals surface area contributed by atoms with Gasteiger partial charge in [-0.2, -0.15) is 0 Å². The van der Waals surface area contributed by atoms with Gasteiger partial charge in [-0.25, -0.2) is 9.97 Å². The first kappa shape index (κ1) is 9.39. The smallest absolute Gasteiger partial charge is 0.252 e. The highest BCUT2D eigenvalue weighted by Crippen LogP contribution is 2.17. The van der Waals surface area contributed by atoms with Gasteiger partial charge in [0.1, 0.15) is 5.82 Å². The molecule has 0 fully saturated rings. The highest BCUT2D eigenvalue weighted by molar-refractivity contribution is 6.00. The van der Waals surface area contributed by atoms with E-state index in [9.17, 15) is 4.79 Å². The number of nitrogens with zero attached hydrogens (tertiary/aromatic N) is 2. The highest BCUT2D eigenvalue weighted by atomic mass is 16.1. The third-order valence-corrected chi connectivity index (χ3v) is 2.09. The van der Waals surface area contributed by atoms with Gasteiger partial charge in [0, 0.05) is 18.6 Å². The summed E-state index contributed by atoms with van der Waals surface area (Å²) in [7, 11) is 1.68. The van der Waals surface area contributed by atoms with Gasteiger partial charge in [0.05, 0.1) is 5.56 Å². The Hall–Kier alpha value is -2.17. The number of carbonyl (C=O) groups excluding carboxylic acids is 1. The van der Waals surface area contributed by atoms with Crippen LogP contribution in [0.1, 0.15) is 10.4 Å². The number of aromatic nitrogens is 2. The summed E-state index contributed by atoms with van der Waals surface area (Å²) in [5.41, 5.74) is 6.20. The Bertz CT molecular complexity index is 524. The predicted molar refractivity (Wildman–Crippen MR) is 57.6 cm³/mol. The molecule has 0 spiro atoms. The van der Waals surface area contributed by atoms with Crippen LogP contribution in [0.15, 0.2) is 24.4 Å². The van der Waals surface area contributed by atoms with Crippen molar-refractivity contribution in [1.29, 1.82) is 0 Å². The number of hydrogen-bond acceptors (Lipinski definition) is 4. The maximum Gasteiger partial charge on any atom is 0.252 e. The molecule has 0 aromatic carbocycles. The van der Waals surface area contributed by atoms with Crippen LogP contribution in [0, 0.1) is 0 Å². The van der Waals surface area contributed by atoms with Crippen molar-refractivity contribution in [3.8, 4) is 0 Å². The molecule has 1 amide bonds. The molecule has 0 saturated heterocycles. The molecule has 2 aromatic rings. The maximum absolute atomic E-state index is 11.1. The summed E-state index contributed by atoms with van der Waals surface area (Å²) >= 11 is 0.